The third kappa shape index (κ3) is 4.83. The van der Waals surface area contributed by atoms with Gasteiger partial charge in [0.15, 0.2) is 0 Å². The molecular formula is C22H29N5O2S. The van der Waals surface area contributed by atoms with Gasteiger partial charge in [-0.25, -0.2) is 4.98 Å². The van der Waals surface area contributed by atoms with Gasteiger partial charge in [0, 0.05) is 50.3 Å². The summed E-state index contributed by atoms with van der Waals surface area (Å²) in [6, 6.07) is 10.2. The van der Waals surface area contributed by atoms with Gasteiger partial charge in [-0.15, -0.1) is 11.3 Å². The van der Waals surface area contributed by atoms with Crippen LogP contribution in [-0.4, -0.2) is 59.8 Å². The van der Waals surface area contributed by atoms with Gasteiger partial charge < -0.3 is 19.9 Å². The molecular weight excluding hydrogens is 398 g/mol. The van der Waals surface area contributed by atoms with Gasteiger partial charge in [0.1, 0.15) is 0 Å². The molecule has 1 aliphatic rings. The van der Waals surface area contributed by atoms with Crippen molar-refractivity contribution in [2.24, 2.45) is 7.05 Å². The van der Waals surface area contributed by atoms with E-state index in [1.807, 2.05) is 29.8 Å². The molecule has 0 saturated carbocycles. The van der Waals surface area contributed by atoms with E-state index in [0.29, 0.717) is 18.7 Å². The van der Waals surface area contributed by atoms with E-state index in [1.54, 1.807) is 18.4 Å². The smallest absolute Gasteiger partial charge is 0.251 e. The van der Waals surface area contributed by atoms with Crippen molar-refractivity contribution < 1.29 is 9.53 Å². The van der Waals surface area contributed by atoms with Crippen molar-refractivity contribution in [2.45, 2.75) is 25.4 Å². The lowest BCUT2D eigenvalue weighted by atomic mass is 10.0. The number of imidazole rings is 1. The minimum atomic E-state index is -0.0283. The molecule has 1 saturated heterocycles. The van der Waals surface area contributed by atoms with Gasteiger partial charge >= 0.3 is 0 Å². The maximum atomic E-state index is 12.9. The van der Waals surface area contributed by atoms with Gasteiger partial charge in [0.25, 0.3) is 5.91 Å². The molecule has 2 aromatic heterocycles. The van der Waals surface area contributed by atoms with Gasteiger partial charge in [-0.05, 0) is 49.0 Å². The number of carbonyl (C=O) groups excluding carboxylic acids is 1. The Morgan fingerprint density at radius 2 is 2.27 bits per heavy atom. The van der Waals surface area contributed by atoms with E-state index >= 15 is 0 Å². The Labute approximate surface area is 181 Å². The highest BCUT2D eigenvalue weighted by atomic mass is 32.1. The first-order valence-corrected chi connectivity index (χ1v) is 11.3. The molecule has 0 spiro atoms. The first kappa shape index (κ1) is 20.8. The average molecular weight is 428 g/mol. The number of carbonyl (C=O) groups is 1. The third-order valence-electron chi connectivity index (χ3n) is 5.53. The second-order valence-electron chi connectivity index (χ2n) is 7.74. The summed E-state index contributed by atoms with van der Waals surface area (Å²) in [7, 11) is 3.64. The minimum absolute atomic E-state index is 0.0283. The zero-order valence-corrected chi connectivity index (χ0v) is 18.4. The Kier molecular flexibility index (Phi) is 6.66. The fourth-order valence-corrected chi connectivity index (χ4v) is 4.72. The molecule has 0 aliphatic carbocycles. The number of nitrogens with one attached hydrogen (secondary N) is 2. The number of likely N-dealkylation sites (tertiary alicyclic amines) is 1. The molecule has 0 unspecified atom stereocenters. The van der Waals surface area contributed by atoms with Crippen LogP contribution in [0.5, 0.6) is 0 Å². The number of thiophene rings is 1. The lowest BCUT2D eigenvalue weighted by molar-refractivity contribution is 0.0901. The summed E-state index contributed by atoms with van der Waals surface area (Å²) in [5.41, 5.74) is 2.46. The zero-order chi connectivity index (χ0) is 20.9. The van der Waals surface area contributed by atoms with E-state index in [9.17, 15) is 4.79 Å². The summed E-state index contributed by atoms with van der Waals surface area (Å²) in [5.74, 6) is 0.746. The van der Waals surface area contributed by atoms with Crippen LogP contribution >= 0.6 is 11.3 Å². The standard InChI is InChI=1S/C22H29N5O2S/c1-26-20-8-7-16(13-19(20)25-22(26)23-9-11-29-2)21(28)24-17-5-3-10-27(14-17)15-18-6-4-12-30-18/h4,6-8,12-13,17H,3,5,9-11,14-15H2,1-2H3,(H,23,25)(H,24,28)/t17-/m1/s1. The fourth-order valence-electron chi connectivity index (χ4n) is 3.97. The first-order valence-electron chi connectivity index (χ1n) is 10.4. The van der Waals surface area contributed by atoms with Crippen molar-refractivity contribution in [1.82, 2.24) is 19.8 Å². The molecule has 8 heteroatoms. The van der Waals surface area contributed by atoms with E-state index in [4.69, 9.17) is 4.74 Å². The molecule has 1 atom stereocenters. The predicted molar refractivity (Wildman–Crippen MR) is 121 cm³/mol. The highest BCUT2D eigenvalue weighted by molar-refractivity contribution is 7.09. The summed E-state index contributed by atoms with van der Waals surface area (Å²) in [6.45, 7) is 4.24. The van der Waals surface area contributed by atoms with Crippen molar-refractivity contribution in [1.29, 1.82) is 0 Å². The number of fused-ring (bicyclic) bond motifs is 1. The zero-order valence-electron chi connectivity index (χ0n) is 17.6. The topological polar surface area (TPSA) is 71.4 Å². The summed E-state index contributed by atoms with van der Waals surface area (Å²) in [5, 5.41) is 8.61. The number of anilines is 1. The molecule has 160 valence electrons. The Morgan fingerprint density at radius 1 is 1.37 bits per heavy atom. The SMILES string of the molecule is COCCNc1nc2cc(C(=O)N[C@@H]3CCCN(Cc4cccs4)C3)ccc2n1C. The monoisotopic (exact) mass is 427 g/mol. The van der Waals surface area contributed by atoms with Crippen LogP contribution in [0.15, 0.2) is 35.7 Å². The molecule has 1 aromatic carbocycles. The number of aryl methyl sites for hydroxylation is 1. The molecule has 30 heavy (non-hydrogen) atoms. The largest absolute Gasteiger partial charge is 0.383 e. The fraction of sp³-hybridized carbons (Fsp3) is 0.455. The number of ether oxygens (including phenoxy) is 1. The van der Waals surface area contributed by atoms with Gasteiger partial charge in [-0.3, -0.25) is 9.69 Å². The maximum Gasteiger partial charge on any atom is 0.251 e. The Bertz CT molecular complexity index is 985. The molecule has 2 N–H and O–H groups in total. The third-order valence-corrected chi connectivity index (χ3v) is 6.39. The number of nitrogens with zero attached hydrogens (tertiary/aromatic N) is 3. The maximum absolute atomic E-state index is 12.9. The number of hydrogen-bond donors (Lipinski definition) is 2. The number of piperidine rings is 1. The quantitative estimate of drug-likeness (QED) is 0.541. The molecule has 0 bridgehead atoms. The first-order chi connectivity index (χ1) is 14.6. The van der Waals surface area contributed by atoms with Crippen LogP contribution in [0.4, 0.5) is 5.95 Å². The van der Waals surface area contributed by atoms with E-state index < -0.39 is 0 Å². The Hall–Kier alpha value is -2.42. The molecule has 7 nitrogen and oxygen atoms in total. The molecule has 1 fully saturated rings. The molecule has 3 aromatic rings. The van der Waals surface area contributed by atoms with Crippen molar-refractivity contribution >= 4 is 34.2 Å². The van der Waals surface area contributed by atoms with E-state index in [1.165, 1.54) is 4.88 Å². The van der Waals surface area contributed by atoms with E-state index in [-0.39, 0.29) is 11.9 Å². The second-order valence-corrected chi connectivity index (χ2v) is 8.78. The van der Waals surface area contributed by atoms with Crippen LogP contribution in [0.25, 0.3) is 11.0 Å². The lowest BCUT2D eigenvalue weighted by Gasteiger charge is -2.32. The van der Waals surface area contributed by atoms with Gasteiger partial charge in [0.05, 0.1) is 17.6 Å². The van der Waals surface area contributed by atoms with Crippen molar-refractivity contribution in [3.05, 3.63) is 46.2 Å². The normalized spacial score (nSPS) is 17.3. The minimum Gasteiger partial charge on any atom is -0.383 e. The molecule has 1 aliphatic heterocycles. The summed E-state index contributed by atoms with van der Waals surface area (Å²) < 4.78 is 7.08. The number of methoxy groups -OCH3 is 1. The lowest BCUT2D eigenvalue weighted by Crippen LogP contribution is -2.47. The highest BCUT2D eigenvalue weighted by Gasteiger charge is 2.22. The van der Waals surface area contributed by atoms with Crippen LogP contribution in [-0.2, 0) is 18.3 Å². The van der Waals surface area contributed by atoms with Crippen molar-refractivity contribution in [3.8, 4) is 0 Å². The van der Waals surface area contributed by atoms with Gasteiger partial charge in [0.2, 0.25) is 5.95 Å². The molecule has 0 radical (unpaired) electrons. The Morgan fingerprint density at radius 3 is 3.07 bits per heavy atom. The van der Waals surface area contributed by atoms with Crippen molar-refractivity contribution in [2.75, 3.05) is 38.7 Å². The average Bonchev–Trinajstić information content (AvgIpc) is 3.36. The molecule has 1 amide bonds. The number of amides is 1. The summed E-state index contributed by atoms with van der Waals surface area (Å²) in [6.07, 6.45) is 2.12. The number of hydrogen-bond acceptors (Lipinski definition) is 6. The van der Waals surface area contributed by atoms with Crippen molar-refractivity contribution in [3.63, 3.8) is 0 Å². The van der Waals surface area contributed by atoms with Crippen LogP contribution in [0.3, 0.4) is 0 Å². The Balaban J connectivity index is 1.40. The summed E-state index contributed by atoms with van der Waals surface area (Å²) >= 11 is 1.79. The van der Waals surface area contributed by atoms with Crippen LogP contribution in [0.1, 0.15) is 28.1 Å². The van der Waals surface area contributed by atoms with Crippen LogP contribution in [0.2, 0.25) is 0 Å². The predicted octanol–water partition coefficient (Wildman–Crippen LogP) is 3.09. The van der Waals surface area contributed by atoms with Gasteiger partial charge in [-0.1, -0.05) is 6.07 Å². The highest BCUT2D eigenvalue weighted by Crippen LogP contribution is 2.21. The van der Waals surface area contributed by atoms with E-state index in [0.717, 1.165) is 49.5 Å². The van der Waals surface area contributed by atoms with Crippen LogP contribution in [0, 0.1) is 0 Å². The van der Waals surface area contributed by atoms with Gasteiger partial charge in [-0.2, -0.15) is 0 Å². The number of aromatic nitrogens is 2. The number of benzene rings is 1. The van der Waals surface area contributed by atoms with Crippen LogP contribution < -0.4 is 10.6 Å². The van der Waals surface area contributed by atoms with E-state index in [2.05, 4.69) is 38.0 Å². The summed E-state index contributed by atoms with van der Waals surface area (Å²) in [4.78, 5) is 21.3. The molecule has 3 heterocycles. The second kappa shape index (κ2) is 9.59. The number of rotatable bonds is 8. The molecule has 4 rings (SSSR count).